The molecular weight excluding hydrogens is 292 g/mol. The van der Waals surface area contributed by atoms with Crippen LogP contribution in [0.5, 0.6) is 0 Å². The summed E-state index contributed by atoms with van der Waals surface area (Å²) >= 11 is 2.07. The largest absolute Gasteiger partial charge is 0.370 e. The predicted octanol–water partition coefficient (Wildman–Crippen LogP) is 2.57. The number of anilines is 1. The minimum Gasteiger partial charge on any atom is -0.370 e. The van der Waals surface area contributed by atoms with Crippen LogP contribution in [0.4, 0.5) is 5.69 Å². The third kappa shape index (κ3) is 5.13. The smallest absolute Gasteiger partial charge is 0.191 e. The second-order valence-electron chi connectivity index (χ2n) is 5.76. The first-order valence-corrected chi connectivity index (χ1v) is 9.09. The molecule has 4 nitrogen and oxygen atoms in total. The van der Waals surface area contributed by atoms with Crippen LogP contribution in [0, 0.1) is 0 Å². The van der Waals surface area contributed by atoms with Crippen LogP contribution >= 0.6 is 11.8 Å². The third-order valence-corrected chi connectivity index (χ3v) is 5.53. The van der Waals surface area contributed by atoms with Gasteiger partial charge in [0.25, 0.3) is 0 Å². The lowest BCUT2D eigenvalue weighted by Gasteiger charge is -2.28. The molecule has 2 N–H and O–H groups in total. The van der Waals surface area contributed by atoms with Crippen molar-refractivity contribution in [3.05, 3.63) is 30.3 Å². The van der Waals surface area contributed by atoms with Gasteiger partial charge in [0, 0.05) is 44.2 Å². The second-order valence-corrected chi connectivity index (χ2v) is 7.17. The van der Waals surface area contributed by atoms with Gasteiger partial charge in [0.1, 0.15) is 0 Å². The van der Waals surface area contributed by atoms with E-state index in [9.17, 15) is 0 Å². The fourth-order valence-corrected chi connectivity index (χ4v) is 3.74. The molecule has 0 aromatic heterocycles. The Hall–Kier alpha value is -1.36. The van der Waals surface area contributed by atoms with Crippen LogP contribution in [0.1, 0.15) is 19.8 Å². The highest BCUT2D eigenvalue weighted by atomic mass is 32.2. The van der Waals surface area contributed by atoms with E-state index >= 15 is 0 Å². The number of para-hydroxylation sites is 1. The first-order valence-electron chi connectivity index (χ1n) is 8.04. The summed E-state index contributed by atoms with van der Waals surface area (Å²) in [6.07, 6.45) is 2.67. The number of hydrogen-bond acceptors (Lipinski definition) is 3. The number of nitrogens with one attached hydrogen (secondary N) is 2. The fraction of sp³-hybridized carbons (Fsp3) is 0.588. The Labute approximate surface area is 138 Å². The molecule has 1 aliphatic rings. The zero-order valence-electron chi connectivity index (χ0n) is 13.9. The van der Waals surface area contributed by atoms with Gasteiger partial charge in [-0.05, 0) is 37.7 Å². The second kappa shape index (κ2) is 8.93. The molecule has 1 saturated heterocycles. The standard InChI is InChI=1S/C17H28N4S/c1-14(21(3)15-8-5-4-6-9-15)12-19-17(18-2)20-13-16-10-7-11-22-16/h4-6,8-9,14,16H,7,10-13H2,1-3H3,(H2,18,19,20). The van der Waals surface area contributed by atoms with Gasteiger partial charge in [-0.25, -0.2) is 0 Å². The van der Waals surface area contributed by atoms with Crippen LogP contribution in [0.2, 0.25) is 0 Å². The predicted molar refractivity (Wildman–Crippen MR) is 99.2 cm³/mol. The number of rotatable bonds is 6. The van der Waals surface area contributed by atoms with Crippen molar-refractivity contribution >= 4 is 23.4 Å². The van der Waals surface area contributed by atoms with Crippen LogP contribution in [-0.2, 0) is 0 Å². The lowest BCUT2D eigenvalue weighted by molar-refractivity contribution is 0.645. The van der Waals surface area contributed by atoms with E-state index in [2.05, 4.69) is 70.5 Å². The lowest BCUT2D eigenvalue weighted by Crippen LogP contribution is -2.46. The van der Waals surface area contributed by atoms with E-state index in [1.54, 1.807) is 0 Å². The van der Waals surface area contributed by atoms with E-state index in [4.69, 9.17) is 0 Å². The zero-order valence-corrected chi connectivity index (χ0v) is 14.7. The summed E-state index contributed by atoms with van der Waals surface area (Å²) in [5.74, 6) is 2.21. The van der Waals surface area contributed by atoms with Crippen molar-refractivity contribution in [1.29, 1.82) is 0 Å². The number of aliphatic imine (C=N–C) groups is 1. The highest BCUT2D eigenvalue weighted by Crippen LogP contribution is 2.25. The number of hydrogen-bond donors (Lipinski definition) is 2. The fourth-order valence-electron chi connectivity index (χ4n) is 2.54. The Morgan fingerprint density at radius 2 is 2.14 bits per heavy atom. The van der Waals surface area contributed by atoms with E-state index < -0.39 is 0 Å². The maximum atomic E-state index is 4.32. The van der Waals surface area contributed by atoms with E-state index in [-0.39, 0.29) is 0 Å². The summed E-state index contributed by atoms with van der Waals surface area (Å²) in [6, 6.07) is 10.9. The molecule has 1 aliphatic heterocycles. The molecule has 0 amide bonds. The number of likely N-dealkylation sites (N-methyl/N-ethyl adjacent to an activating group) is 1. The van der Waals surface area contributed by atoms with E-state index in [1.165, 1.54) is 24.3 Å². The van der Waals surface area contributed by atoms with Gasteiger partial charge in [-0.15, -0.1) is 0 Å². The summed E-state index contributed by atoms with van der Waals surface area (Å²) in [4.78, 5) is 6.60. The van der Waals surface area contributed by atoms with Gasteiger partial charge < -0.3 is 15.5 Å². The van der Waals surface area contributed by atoms with Crippen LogP contribution < -0.4 is 15.5 Å². The summed E-state index contributed by atoms with van der Waals surface area (Å²) < 4.78 is 0. The average molecular weight is 321 g/mol. The summed E-state index contributed by atoms with van der Waals surface area (Å²) in [7, 11) is 3.97. The van der Waals surface area contributed by atoms with Gasteiger partial charge in [-0.3, -0.25) is 4.99 Å². The molecule has 2 atom stereocenters. The third-order valence-electron chi connectivity index (χ3n) is 4.13. The normalized spacial score (nSPS) is 19.8. The molecule has 0 radical (unpaired) electrons. The quantitative estimate of drug-likeness (QED) is 0.624. The van der Waals surface area contributed by atoms with Crippen molar-refractivity contribution in [2.75, 3.05) is 37.8 Å². The Kier molecular flexibility index (Phi) is 6.90. The van der Waals surface area contributed by atoms with Crippen LogP contribution in [0.25, 0.3) is 0 Å². The van der Waals surface area contributed by atoms with E-state index in [1.807, 2.05) is 13.1 Å². The highest BCUT2D eigenvalue weighted by Gasteiger charge is 2.16. The van der Waals surface area contributed by atoms with Crippen LogP contribution in [0.15, 0.2) is 35.3 Å². The number of thioether (sulfide) groups is 1. The molecule has 2 unspecified atom stereocenters. The molecule has 5 heteroatoms. The number of guanidine groups is 1. The molecule has 0 spiro atoms. The highest BCUT2D eigenvalue weighted by molar-refractivity contribution is 8.00. The van der Waals surface area contributed by atoms with E-state index in [0.717, 1.165) is 24.3 Å². The SMILES string of the molecule is CN=C(NCC1CCCS1)NCC(C)N(C)c1ccccc1. The molecule has 2 rings (SSSR count). The maximum Gasteiger partial charge on any atom is 0.191 e. The van der Waals surface area contributed by atoms with Crippen molar-refractivity contribution < 1.29 is 0 Å². The van der Waals surface area contributed by atoms with Gasteiger partial charge in [0.05, 0.1) is 0 Å². The number of nitrogens with zero attached hydrogens (tertiary/aromatic N) is 2. The Bertz CT molecular complexity index is 457. The van der Waals surface area contributed by atoms with Crippen LogP contribution in [0.3, 0.4) is 0 Å². The van der Waals surface area contributed by atoms with E-state index in [0.29, 0.717) is 6.04 Å². The Morgan fingerprint density at radius 1 is 1.36 bits per heavy atom. The zero-order chi connectivity index (χ0) is 15.8. The van der Waals surface area contributed by atoms with Gasteiger partial charge in [0.15, 0.2) is 5.96 Å². The monoisotopic (exact) mass is 320 g/mol. The first kappa shape index (κ1) is 17.0. The molecule has 1 aromatic carbocycles. The molecular formula is C17H28N4S. The summed E-state index contributed by atoms with van der Waals surface area (Å²) in [6.45, 7) is 4.09. The summed E-state index contributed by atoms with van der Waals surface area (Å²) in [5.41, 5.74) is 1.24. The first-order chi connectivity index (χ1) is 10.7. The van der Waals surface area contributed by atoms with Crippen molar-refractivity contribution in [2.24, 2.45) is 4.99 Å². The Balaban J connectivity index is 1.74. The molecule has 1 fully saturated rings. The van der Waals surface area contributed by atoms with Crippen molar-refractivity contribution in [2.45, 2.75) is 31.1 Å². The summed E-state index contributed by atoms with van der Waals surface area (Å²) in [5, 5.41) is 7.62. The molecule has 0 aliphatic carbocycles. The molecule has 122 valence electrons. The van der Waals surface area contributed by atoms with Gasteiger partial charge in [0.2, 0.25) is 0 Å². The molecule has 0 saturated carbocycles. The van der Waals surface area contributed by atoms with Crippen LogP contribution in [-0.4, -0.2) is 50.2 Å². The molecule has 22 heavy (non-hydrogen) atoms. The average Bonchev–Trinajstić information content (AvgIpc) is 3.08. The topological polar surface area (TPSA) is 39.7 Å². The van der Waals surface area contributed by atoms with Crippen molar-refractivity contribution in [1.82, 2.24) is 10.6 Å². The van der Waals surface area contributed by atoms with Gasteiger partial charge >= 0.3 is 0 Å². The minimum atomic E-state index is 0.391. The number of benzene rings is 1. The maximum absolute atomic E-state index is 4.32. The van der Waals surface area contributed by atoms with Gasteiger partial charge in [-0.2, -0.15) is 11.8 Å². The Morgan fingerprint density at radius 3 is 2.77 bits per heavy atom. The molecule has 1 aromatic rings. The van der Waals surface area contributed by atoms with Crippen molar-refractivity contribution in [3.8, 4) is 0 Å². The van der Waals surface area contributed by atoms with Crippen molar-refractivity contribution in [3.63, 3.8) is 0 Å². The molecule has 1 heterocycles. The molecule has 0 bridgehead atoms. The minimum absolute atomic E-state index is 0.391. The lowest BCUT2D eigenvalue weighted by atomic mass is 10.2. The van der Waals surface area contributed by atoms with Gasteiger partial charge in [-0.1, -0.05) is 18.2 Å².